The molecule has 1 fully saturated rings. The molecule has 0 atom stereocenters. The number of rotatable bonds is 4. The van der Waals surface area contributed by atoms with Crippen molar-refractivity contribution < 1.29 is 4.74 Å². The molecule has 136 valence electrons. The fourth-order valence-corrected chi connectivity index (χ4v) is 3.99. The molecule has 1 aromatic carbocycles. The molecule has 0 spiro atoms. The lowest BCUT2D eigenvalue weighted by atomic mass is 9.92. The molecule has 4 nitrogen and oxygen atoms in total. The maximum Gasteiger partial charge on any atom is 0.180 e. The Balaban J connectivity index is 1.63. The van der Waals surface area contributed by atoms with Crippen molar-refractivity contribution in [1.82, 2.24) is 14.3 Å². The van der Waals surface area contributed by atoms with Gasteiger partial charge in [0.05, 0.1) is 5.69 Å². The van der Waals surface area contributed by atoms with E-state index in [0.717, 1.165) is 30.2 Å². The Morgan fingerprint density at radius 1 is 1.08 bits per heavy atom. The van der Waals surface area contributed by atoms with Crippen molar-refractivity contribution in [1.29, 1.82) is 0 Å². The zero-order valence-electron chi connectivity index (χ0n) is 15.9. The van der Waals surface area contributed by atoms with Gasteiger partial charge in [-0.25, -0.2) is 4.98 Å². The molecule has 2 aromatic heterocycles. The molecule has 3 aromatic rings. The number of hydrogen-bond acceptors (Lipinski definition) is 3. The van der Waals surface area contributed by atoms with Crippen molar-refractivity contribution >= 4 is 5.65 Å². The summed E-state index contributed by atoms with van der Waals surface area (Å²) < 4.78 is 8.42. The summed E-state index contributed by atoms with van der Waals surface area (Å²) in [7, 11) is 2.20. The summed E-state index contributed by atoms with van der Waals surface area (Å²) in [6.45, 7) is 7.13. The van der Waals surface area contributed by atoms with Crippen LogP contribution in [0.1, 0.15) is 41.3 Å². The summed E-state index contributed by atoms with van der Waals surface area (Å²) >= 11 is 0. The Morgan fingerprint density at radius 3 is 2.62 bits per heavy atom. The number of ether oxygens (including phenoxy) is 1. The van der Waals surface area contributed by atoms with Crippen LogP contribution in [0.4, 0.5) is 0 Å². The lowest BCUT2D eigenvalue weighted by Gasteiger charge is -2.29. The number of likely N-dealkylation sites (tertiary alicyclic amines) is 1. The van der Waals surface area contributed by atoms with Crippen LogP contribution in [-0.4, -0.2) is 34.4 Å². The molecule has 0 amide bonds. The van der Waals surface area contributed by atoms with Crippen LogP contribution in [0.15, 0.2) is 42.6 Å². The summed E-state index contributed by atoms with van der Waals surface area (Å²) in [4.78, 5) is 7.27. The molecule has 0 aliphatic carbocycles. The Labute approximate surface area is 155 Å². The second kappa shape index (κ2) is 7.12. The van der Waals surface area contributed by atoms with Crippen molar-refractivity contribution in [3.05, 3.63) is 65.1 Å². The number of nitrogens with zero attached hydrogens (tertiary/aromatic N) is 3. The van der Waals surface area contributed by atoms with Gasteiger partial charge in [0.1, 0.15) is 6.61 Å². The maximum absolute atomic E-state index is 6.17. The van der Waals surface area contributed by atoms with Gasteiger partial charge in [-0.05, 0) is 70.1 Å². The fraction of sp³-hybridized carbons (Fsp3) is 0.409. The molecule has 0 bridgehead atoms. The third-order valence-electron chi connectivity index (χ3n) is 5.58. The molecular weight excluding hydrogens is 322 g/mol. The minimum Gasteiger partial charge on any atom is -0.485 e. The minimum absolute atomic E-state index is 0.571. The third-order valence-corrected chi connectivity index (χ3v) is 5.58. The number of hydrogen-bond donors (Lipinski definition) is 0. The molecular formula is C22H27N3O. The summed E-state index contributed by atoms with van der Waals surface area (Å²) in [6.07, 6.45) is 4.52. The molecule has 4 rings (SSSR count). The monoisotopic (exact) mass is 349 g/mol. The first-order valence-electron chi connectivity index (χ1n) is 9.47. The van der Waals surface area contributed by atoms with E-state index in [2.05, 4.69) is 66.7 Å². The number of aryl methyl sites for hydroxylation is 2. The van der Waals surface area contributed by atoms with Gasteiger partial charge in [-0.1, -0.05) is 24.3 Å². The molecule has 3 heterocycles. The number of imidazole rings is 1. The number of pyridine rings is 1. The van der Waals surface area contributed by atoms with E-state index in [1.807, 2.05) is 6.07 Å². The lowest BCUT2D eigenvalue weighted by Crippen LogP contribution is -2.29. The van der Waals surface area contributed by atoms with Crippen LogP contribution < -0.4 is 4.74 Å². The molecule has 1 aliphatic rings. The number of piperidine rings is 1. The van der Waals surface area contributed by atoms with Crippen LogP contribution in [0.3, 0.4) is 0 Å². The first-order chi connectivity index (χ1) is 12.6. The van der Waals surface area contributed by atoms with E-state index in [9.17, 15) is 0 Å². The maximum atomic E-state index is 6.17. The Hall–Kier alpha value is -2.33. The predicted octanol–water partition coefficient (Wildman–Crippen LogP) is 4.34. The highest BCUT2D eigenvalue weighted by Crippen LogP contribution is 2.32. The van der Waals surface area contributed by atoms with E-state index >= 15 is 0 Å². The molecule has 0 radical (unpaired) electrons. The van der Waals surface area contributed by atoms with Gasteiger partial charge in [-0.15, -0.1) is 0 Å². The predicted molar refractivity (Wildman–Crippen MR) is 105 cm³/mol. The van der Waals surface area contributed by atoms with Gasteiger partial charge in [0, 0.05) is 17.8 Å². The second-order valence-corrected chi connectivity index (χ2v) is 7.44. The highest BCUT2D eigenvalue weighted by molar-refractivity contribution is 5.56. The summed E-state index contributed by atoms with van der Waals surface area (Å²) in [5.74, 6) is 1.44. The van der Waals surface area contributed by atoms with E-state index in [1.54, 1.807) is 0 Å². The van der Waals surface area contributed by atoms with E-state index in [4.69, 9.17) is 9.72 Å². The largest absolute Gasteiger partial charge is 0.485 e. The standard InChI is InChI=1S/C22H27N3O/c1-16-7-4-5-8-19(16)15-26-20-9-6-12-25-21(17(2)23-22(20)25)18-10-13-24(3)14-11-18/h4-9,12,18H,10-11,13-15H2,1-3H3. The summed E-state index contributed by atoms with van der Waals surface area (Å²) in [6, 6.07) is 12.5. The molecule has 0 unspecified atom stereocenters. The molecule has 0 N–H and O–H groups in total. The van der Waals surface area contributed by atoms with Crippen LogP contribution in [0.2, 0.25) is 0 Å². The van der Waals surface area contributed by atoms with Gasteiger partial charge in [-0.3, -0.25) is 0 Å². The van der Waals surface area contributed by atoms with Crippen LogP contribution in [0.25, 0.3) is 5.65 Å². The average molecular weight is 349 g/mol. The first kappa shape index (κ1) is 17.1. The minimum atomic E-state index is 0.571. The summed E-state index contributed by atoms with van der Waals surface area (Å²) in [5, 5.41) is 0. The molecule has 4 heteroatoms. The second-order valence-electron chi connectivity index (χ2n) is 7.44. The van der Waals surface area contributed by atoms with Gasteiger partial charge >= 0.3 is 0 Å². The molecule has 0 saturated carbocycles. The van der Waals surface area contributed by atoms with Crippen LogP contribution >= 0.6 is 0 Å². The van der Waals surface area contributed by atoms with Crippen molar-refractivity contribution in [3.63, 3.8) is 0 Å². The van der Waals surface area contributed by atoms with Gasteiger partial charge in [0.15, 0.2) is 11.4 Å². The molecule has 1 aliphatic heterocycles. The first-order valence-corrected chi connectivity index (χ1v) is 9.47. The lowest BCUT2D eigenvalue weighted by molar-refractivity contribution is 0.252. The van der Waals surface area contributed by atoms with E-state index in [1.165, 1.54) is 29.7 Å². The fourth-order valence-electron chi connectivity index (χ4n) is 3.99. The van der Waals surface area contributed by atoms with Crippen molar-refractivity contribution in [2.24, 2.45) is 0 Å². The van der Waals surface area contributed by atoms with E-state index in [-0.39, 0.29) is 0 Å². The van der Waals surface area contributed by atoms with Crippen molar-refractivity contribution in [2.75, 3.05) is 20.1 Å². The van der Waals surface area contributed by atoms with Crippen LogP contribution in [0, 0.1) is 13.8 Å². The van der Waals surface area contributed by atoms with Crippen LogP contribution in [-0.2, 0) is 6.61 Å². The van der Waals surface area contributed by atoms with Crippen molar-refractivity contribution in [3.8, 4) is 5.75 Å². The summed E-state index contributed by atoms with van der Waals surface area (Å²) in [5.41, 5.74) is 5.90. The quantitative estimate of drug-likeness (QED) is 0.702. The van der Waals surface area contributed by atoms with Gasteiger partial charge in [0.25, 0.3) is 0 Å². The van der Waals surface area contributed by atoms with Crippen molar-refractivity contribution in [2.45, 2.75) is 39.2 Å². The zero-order valence-corrected chi connectivity index (χ0v) is 15.9. The third kappa shape index (κ3) is 3.21. The average Bonchev–Trinajstić information content (AvgIpc) is 2.98. The van der Waals surface area contributed by atoms with Gasteiger partial charge < -0.3 is 14.0 Å². The number of benzene rings is 1. The highest BCUT2D eigenvalue weighted by atomic mass is 16.5. The normalized spacial score (nSPS) is 16.3. The van der Waals surface area contributed by atoms with Gasteiger partial charge in [-0.2, -0.15) is 0 Å². The highest BCUT2D eigenvalue weighted by Gasteiger charge is 2.24. The van der Waals surface area contributed by atoms with E-state index in [0.29, 0.717) is 12.5 Å². The Kier molecular flexibility index (Phi) is 4.68. The topological polar surface area (TPSA) is 29.8 Å². The smallest absolute Gasteiger partial charge is 0.180 e. The molecule has 26 heavy (non-hydrogen) atoms. The van der Waals surface area contributed by atoms with Crippen LogP contribution in [0.5, 0.6) is 5.75 Å². The zero-order chi connectivity index (χ0) is 18.1. The number of aromatic nitrogens is 2. The Bertz CT molecular complexity index is 907. The molecule has 1 saturated heterocycles. The SMILES string of the molecule is Cc1ccccc1COc1cccn2c(C3CCN(C)CC3)c(C)nc12. The van der Waals surface area contributed by atoms with E-state index < -0.39 is 0 Å². The number of fused-ring (bicyclic) bond motifs is 1. The Morgan fingerprint density at radius 2 is 1.85 bits per heavy atom. The van der Waals surface area contributed by atoms with Gasteiger partial charge in [0.2, 0.25) is 0 Å².